The number of nitrogens with zero attached hydrogens (tertiary/aromatic N) is 2. The summed E-state index contributed by atoms with van der Waals surface area (Å²) in [5, 5.41) is 6.90. The number of anilines is 2. The first kappa shape index (κ1) is 32.9. The summed E-state index contributed by atoms with van der Waals surface area (Å²) in [6.07, 6.45) is -1.27. The van der Waals surface area contributed by atoms with E-state index in [0.717, 1.165) is 43.6 Å². The number of imide groups is 1. The first-order valence-corrected chi connectivity index (χ1v) is 17.5. The molecule has 0 saturated heterocycles. The van der Waals surface area contributed by atoms with Crippen molar-refractivity contribution < 1.29 is 19.1 Å². The number of aromatic nitrogens is 1. The number of hydrogen-bond acceptors (Lipinski definition) is 6. The average molecular weight is 763 g/mol. The van der Waals surface area contributed by atoms with Crippen molar-refractivity contribution in [2.24, 2.45) is 0 Å². The van der Waals surface area contributed by atoms with Crippen molar-refractivity contribution in [3.63, 3.8) is 0 Å². The quantitative estimate of drug-likeness (QED) is 0.197. The molecule has 0 aliphatic carbocycles. The maximum atomic E-state index is 13.3. The minimum Gasteiger partial charge on any atom is -0.443 e. The molecule has 2 amide bonds. The van der Waals surface area contributed by atoms with E-state index in [4.69, 9.17) is 44.3 Å². The van der Waals surface area contributed by atoms with E-state index in [0.29, 0.717) is 21.5 Å². The molecular weight excluding hydrogens is 732 g/mol. The van der Waals surface area contributed by atoms with E-state index in [9.17, 15) is 9.59 Å². The van der Waals surface area contributed by atoms with Gasteiger partial charge in [-0.3, -0.25) is 3.97 Å². The van der Waals surface area contributed by atoms with E-state index in [1.54, 1.807) is 53.7 Å². The van der Waals surface area contributed by atoms with Crippen LogP contribution in [0.5, 0.6) is 0 Å². The number of carbonyl (C=O) groups is 2. The van der Waals surface area contributed by atoms with Crippen LogP contribution in [0.15, 0.2) is 48.5 Å². The zero-order valence-corrected chi connectivity index (χ0v) is 29.2. The number of hydrogen-bond donors (Lipinski definition) is 1. The summed E-state index contributed by atoms with van der Waals surface area (Å²) >= 11 is 21.1. The molecule has 224 valence electrons. The highest BCUT2D eigenvalue weighted by molar-refractivity contribution is 14.2. The van der Waals surface area contributed by atoms with E-state index in [-0.39, 0.29) is 6.54 Å². The summed E-state index contributed by atoms with van der Waals surface area (Å²) in [6.45, 7) is 10.5. The summed E-state index contributed by atoms with van der Waals surface area (Å²) in [4.78, 5) is 27.5. The molecule has 0 aliphatic rings. The number of nitrogens with one attached hydrogen (secondary N) is 1. The van der Waals surface area contributed by atoms with E-state index in [1.165, 1.54) is 9.12 Å². The molecule has 4 aromatic rings. The van der Waals surface area contributed by atoms with Crippen LogP contribution >= 0.6 is 65.1 Å². The van der Waals surface area contributed by atoms with Crippen LogP contribution in [0.3, 0.4) is 0 Å². The highest BCUT2D eigenvalue weighted by Crippen LogP contribution is 2.41. The van der Waals surface area contributed by atoms with Crippen molar-refractivity contribution in [3.05, 3.63) is 69.2 Å². The number of rotatable bonds is 6. The van der Waals surface area contributed by atoms with Gasteiger partial charge in [0, 0.05) is 69.6 Å². The van der Waals surface area contributed by atoms with Crippen molar-refractivity contribution in [2.45, 2.75) is 59.2 Å². The number of fused-ring (bicyclic) bond motifs is 3. The van der Waals surface area contributed by atoms with Crippen LogP contribution in [0, 0.1) is 0 Å². The maximum Gasteiger partial charge on any atom is 0.419 e. The second-order valence-corrected chi connectivity index (χ2v) is 14.6. The monoisotopic (exact) mass is 761 g/mol. The smallest absolute Gasteiger partial charge is 0.419 e. The fourth-order valence-electron chi connectivity index (χ4n) is 4.39. The highest BCUT2D eigenvalue weighted by Gasteiger charge is 2.31. The minimum atomic E-state index is -0.804. The highest BCUT2D eigenvalue weighted by atomic mass is 127. The molecule has 0 aliphatic heterocycles. The molecule has 4 rings (SSSR count). The van der Waals surface area contributed by atoms with Crippen molar-refractivity contribution in [1.29, 1.82) is 0 Å². The van der Waals surface area contributed by atoms with Gasteiger partial charge in [0.05, 0.1) is 21.1 Å². The van der Waals surface area contributed by atoms with Crippen LogP contribution in [0.4, 0.5) is 21.0 Å². The topological polar surface area (TPSA) is 72.8 Å². The molecule has 0 fully saturated rings. The molecule has 7 nitrogen and oxygen atoms in total. The van der Waals surface area contributed by atoms with Crippen molar-refractivity contribution in [2.75, 3.05) is 11.9 Å². The van der Waals surface area contributed by atoms with Gasteiger partial charge in [-0.25, -0.2) is 14.5 Å². The van der Waals surface area contributed by atoms with Gasteiger partial charge >= 0.3 is 12.2 Å². The molecule has 42 heavy (non-hydrogen) atoms. The number of halogens is 4. The minimum absolute atomic E-state index is 0.00713. The molecule has 0 atom stereocenters. The molecule has 0 unspecified atom stereocenters. The molecule has 0 bridgehead atoms. The first-order valence-electron chi connectivity index (χ1n) is 13.1. The lowest BCUT2D eigenvalue weighted by atomic mass is 10.0. The Kier molecular flexibility index (Phi) is 10.1. The Balaban J connectivity index is 1.86. The Hall–Kier alpha value is -2.05. The zero-order chi connectivity index (χ0) is 31.0. The van der Waals surface area contributed by atoms with Crippen LogP contribution in [-0.4, -0.2) is 38.8 Å². The average Bonchev–Trinajstić information content (AvgIpc) is 3.18. The molecule has 1 heterocycles. The van der Waals surface area contributed by atoms with Crippen LogP contribution < -0.4 is 5.32 Å². The van der Waals surface area contributed by atoms with E-state index in [1.807, 2.05) is 36.4 Å². The van der Waals surface area contributed by atoms with Gasteiger partial charge in [-0.15, -0.1) is 0 Å². The molecule has 0 spiro atoms. The van der Waals surface area contributed by atoms with E-state index in [2.05, 4.69) is 30.5 Å². The van der Waals surface area contributed by atoms with Crippen LogP contribution in [0.25, 0.3) is 21.8 Å². The van der Waals surface area contributed by atoms with E-state index >= 15 is 0 Å². The van der Waals surface area contributed by atoms with Gasteiger partial charge in [0.25, 0.3) is 0 Å². The lowest BCUT2D eigenvalue weighted by Crippen LogP contribution is -2.44. The normalized spacial score (nSPS) is 12.0. The first-order chi connectivity index (χ1) is 19.6. The number of benzene rings is 3. The Morgan fingerprint density at radius 2 is 1.52 bits per heavy atom. The number of carbonyl (C=O) groups excluding carboxylic acids is 2. The van der Waals surface area contributed by atoms with Gasteiger partial charge in [0.1, 0.15) is 11.2 Å². The van der Waals surface area contributed by atoms with Gasteiger partial charge in [-0.2, -0.15) is 0 Å². The summed E-state index contributed by atoms with van der Waals surface area (Å²) in [5.41, 5.74) is 2.67. The predicted molar refractivity (Wildman–Crippen MR) is 184 cm³/mol. The second-order valence-electron chi connectivity index (χ2n) is 11.6. The van der Waals surface area contributed by atoms with Crippen molar-refractivity contribution in [3.8, 4) is 0 Å². The summed E-state index contributed by atoms with van der Waals surface area (Å²) in [6, 6.07) is 15.1. The SMILES string of the molecule is CC(C)(C)OC(=O)N(CCc1c(Nc2ccc(Cl)c(Cl)c2)ccc2c3cc(Cl)ccc3n(SI)c12)C(=O)OC(C)(C)C. The third-order valence-corrected chi connectivity index (χ3v) is 8.71. The fourth-order valence-corrected chi connectivity index (χ4v) is 6.60. The summed E-state index contributed by atoms with van der Waals surface area (Å²) < 4.78 is 13.3. The fraction of sp³-hybridized carbons (Fsp3) is 0.333. The van der Waals surface area contributed by atoms with Gasteiger partial charge in [0.15, 0.2) is 0 Å². The molecule has 12 heteroatoms. The number of amides is 2. The van der Waals surface area contributed by atoms with Crippen LogP contribution in [0.1, 0.15) is 47.1 Å². The third-order valence-electron chi connectivity index (χ3n) is 6.03. The Morgan fingerprint density at radius 3 is 2.10 bits per heavy atom. The lowest BCUT2D eigenvalue weighted by Gasteiger charge is -2.29. The van der Waals surface area contributed by atoms with Gasteiger partial charge in [-0.05, 0) is 90.4 Å². The third kappa shape index (κ3) is 7.72. The summed E-state index contributed by atoms with van der Waals surface area (Å²) in [5.74, 6) is 0. The van der Waals surface area contributed by atoms with Crippen molar-refractivity contribution in [1.82, 2.24) is 8.87 Å². The van der Waals surface area contributed by atoms with Gasteiger partial charge in [0.2, 0.25) is 0 Å². The van der Waals surface area contributed by atoms with Crippen LogP contribution in [0.2, 0.25) is 15.1 Å². The molecule has 0 saturated carbocycles. The Bertz CT molecular complexity index is 1640. The lowest BCUT2D eigenvalue weighted by molar-refractivity contribution is 0.00172. The molecular formula is C30H31Cl3IN3O4S. The van der Waals surface area contributed by atoms with Crippen LogP contribution in [-0.2, 0) is 15.9 Å². The van der Waals surface area contributed by atoms with Crippen molar-refractivity contribution >= 4 is 110 Å². The summed E-state index contributed by atoms with van der Waals surface area (Å²) in [7, 11) is 1.52. The van der Waals surface area contributed by atoms with E-state index < -0.39 is 23.4 Å². The zero-order valence-electron chi connectivity index (χ0n) is 24.0. The van der Waals surface area contributed by atoms with Gasteiger partial charge in [-0.1, -0.05) is 40.9 Å². The molecule has 1 aromatic heterocycles. The molecule has 3 aromatic carbocycles. The van der Waals surface area contributed by atoms with Gasteiger partial charge < -0.3 is 14.8 Å². The number of ether oxygens (including phenoxy) is 2. The second kappa shape index (κ2) is 12.9. The Labute approximate surface area is 276 Å². The molecule has 0 radical (unpaired) electrons. The maximum absolute atomic E-state index is 13.3. The predicted octanol–water partition coefficient (Wildman–Crippen LogP) is 11.1. The Morgan fingerprint density at radius 1 is 0.881 bits per heavy atom. The largest absolute Gasteiger partial charge is 0.443 e. The standard InChI is InChI=1S/C30H31Cl3IN3O4S/c1-29(2,3)40-27(38)36(28(39)41-30(4,5)6)14-13-20-24(35-18-8-10-22(32)23(33)16-18)11-9-19-21-15-17(31)7-12-25(21)37(42-34)26(19)20/h7-12,15-16,35H,13-14H2,1-6H3. The molecule has 1 N–H and O–H groups in total.